The lowest BCUT2D eigenvalue weighted by atomic mass is 10.2. The summed E-state index contributed by atoms with van der Waals surface area (Å²) in [5, 5.41) is 4.22. The van der Waals surface area contributed by atoms with Gasteiger partial charge in [0, 0.05) is 12.2 Å². The van der Waals surface area contributed by atoms with E-state index in [0.717, 1.165) is 21.2 Å². The lowest BCUT2D eigenvalue weighted by Gasteiger charge is -2.26. The zero-order chi connectivity index (χ0) is 20.2. The minimum Gasteiger partial charge on any atom is -0.465 e. The van der Waals surface area contributed by atoms with Gasteiger partial charge in [0.05, 0.1) is 7.11 Å². The number of carbonyl (C=O) groups is 2. The van der Waals surface area contributed by atoms with E-state index in [2.05, 4.69) is 10.1 Å². The monoisotopic (exact) mass is 410 g/mol. The number of rotatable bonds is 7. The van der Waals surface area contributed by atoms with Gasteiger partial charge >= 0.3 is 5.97 Å². The summed E-state index contributed by atoms with van der Waals surface area (Å²) in [6.07, 6.45) is 0. The summed E-state index contributed by atoms with van der Waals surface area (Å²) < 4.78 is 31.8. The highest BCUT2D eigenvalue weighted by atomic mass is 32.2. The van der Waals surface area contributed by atoms with E-state index in [1.807, 2.05) is 19.1 Å². The third kappa shape index (κ3) is 4.55. The van der Waals surface area contributed by atoms with Gasteiger partial charge < -0.3 is 10.1 Å². The van der Waals surface area contributed by atoms with Crippen LogP contribution in [0, 0.1) is 6.92 Å². The lowest BCUT2D eigenvalue weighted by Crippen LogP contribution is -2.45. The van der Waals surface area contributed by atoms with Crippen LogP contribution in [0.1, 0.15) is 29.1 Å². The Kier molecular flexibility index (Phi) is 6.74. The minimum atomic E-state index is -4.05. The molecule has 7 nitrogen and oxygen atoms in total. The molecule has 1 heterocycles. The Labute approximate surface area is 163 Å². The molecule has 0 aliphatic rings. The standard InChI is InChI=1S/C18H22N2O5S2/c1-5-20(13(3)17(21)19-14-8-6-12(2)7-9-14)27(23,24)15-10-11-26-16(15)18(22)25-4/h6-11,13H,5H2,1-4H3,(H,19,21)/t13-/m0/s1. The van der Waals surface area contributed by atoms with Crippen LogP contribution in [0.15, 0.2) is 40.6 Å². The Morgan fingerprint density at radius 1 is 1.22 bits per heavy atom. The molecule has 0 bridgehead atoms. The molecule has 2 rings (SSSR count). The number of likely N-dealkylation sites (N-methyl/N-ethyl adjacent to an activating group) is 1. The van der Waals surface area contributed by atoms with Crippen LogP contribution in [0.4, 0.5) is 5.69 Å². The van der Waals surface area contributed by atoms with Gasteiger partial charge in [-0.25, -0.2) is 13.2 Å². The highest BCUT2D eigenvalue weighted by Gasteiger charge is 2.35. The summed E-state index contributed by atoms with van der Waals surface area (Å²) in [5.41, 5.74) is 1.63. The van der Waals surface area contributed by atoms with Crippen LogP contribution in [0.25, 0.3) is 0 Å². The predicted octanol–water partition coefficient (Wildman–Crippen LogP) is 2.88. The first kappa shape index (κ1) is 21.1. The highest BCUT2D eigenvalue weighted by molar-refractivity contribution is 7.89. The van der Waals surface area contributed by atoms with Crippen molar-refractivity contribution < 1.29 is 22.7 Å². The van der Waals surface area contributed by atoms with Crippen LogP contribution < -0.4 is 5.32 Å². The van der Waals surface area contributed by atoms with Crippen LogP contribution in [0.3, 0.4) is 0 Å². The second-order valence-corrected chi connectivity index (χ2v) is 8.62. The van der Waals surface area contributed by atoms with E-state index in [4.69, 9.17) is 0 Å². The highest BCUT2D eigenvalue weighted by Crippen LogP contribution is 2.27. The van der Waals surface area contributed by atoms with Crippen LogP contribution in [0.5, 0.6) is 0 Å². The largest absolute Gasteiger partial charge is 0.465 e. The van der Waals surface area contributed by atoms with Gasteiger partial charge in [0.15, 0.2) is 0 Å². The second-order valence-electron chi connectivity index (χ2n) is 5.85. The summed E-state index contributed by atoms with van der Waals surface area (Å²) >= 11 is 0.980. The Balaban J connectivity index is 2.28. The zero-order valence-electron chi connectivity index (χ0n) is 15.6. The minimum absolute atomic E-state index is 0.0120. The number of thiophene rings is 1. The summed E-state index contributed by atoms with van der Waals surface area (Å²) in [7, 11) is -2.87. The molecule has 2 aromatic rings. The van der Waals surface area contributed by atoms with E-state index in [0.29, 0.717) is 5.69 Å². The second kappa shape index (κ2) is 8.64. The van der Waals surface area contributed by atoms with Crippen LogP contribution in [0.2, 0.25) is 0 Å². The zero-order valence-corrected chi connectivity index (χ0v) is 17.2. The van der Waals surface area contributed by atoms with E-state index in [-0.39, 0.29) is 16.3 Å². The maximum atomic E-state index is 13.1. The van der Waals surface area contributed by atoms with Gasteiger partial charge in [-0.2, -0.15) is 4.31 Å². The van der Waals surface area contributed by atoms with E-state index >= 15 is 0 Å². The Morgan fingerprint density at radius 3 is 2.41 bits per heavy atom. The molecule has 0 aliphatic carbocycles. The number of aryl methyl sites for hydroxylation is 1. The fraction of sp³-hybridized carbons (Fsp3) is 0.333. The van der Waals surface area contributed by atoms with Gasteiger partial charge in [0.25, 0.3) is 0 Å². The molecule has 0 aliphatic heterocycles. The maximum absolute atomic E-state index is 13.1. The van der Waals surface area contributed by atoms with Gasteiger partial charge in [-0.3, -0.25) is 4.79 Å². The molecule has 0 unspecified atom stereocenters. The molecule has 1 N–H and O–H groups in total. The van der Waals surface area contributed by atoms with Crippen LogP contribution in [-0.2, 0) is 19.6 Å². The average molecular weight is 411 g/mol. The van der Waals surface area contributed by atoms with E-state index < -0.39 is 27.9 Å². The van der Waals surface area contributed by atoms with E-state index in [9.17, 15) is 18.0 Å². The van der Waals surface area contributed by atoms with Crippen molar-refractivity contribution in [3.05, 3.63) is 46.2 Å². The molecule has 0 spiro atoms. The summed E-state index contributed by atoms with van der Waals surface area (Å²) in [5.74, 6) is -1.18. The van der Waals surface area contributed by atoms with Gasteiger partial charge in [-0.1, -0.05) is 24.6 Å². The van der Waals surface area contributed by atoms with Gasteiger partial charge in [-0.15, -0.1) is 11.3 Å². The Bertz CT molecular complexity index is 919. The molecule has 0 saturated carbocycles. The van der Waals surface area contributed by atoms with Crippen molar-refractivity contribution in [3.63, 3.8) is 0 Å². The molecule has 1 aromatic carbocycles. The van der Waals surface area contributed by atoms with Gasteiger partial charge in [0.2, 0.25) is 15.9 Å². The fourth-order valence-electron chi connectivity index (χ4n) is 2.53. The molecular formula is C18H22N2O5S2. The number of amides is 1. The molecule has 1 atom stereocenters. The summed E-state index contributed by atoms with van der Waals surface area (Å²) in [6, 6.07) is 7.58. The normalized spacial score (nSPS) is 12.6. The van der Waals surface area contributed by atoms with Crippen LogP contribution in [-0.4, -0.2) is 44.3 Å². The average Bonchev–Trinajstić information content (AvgIpc) is 3.14. The summed E-state index contributed by atoms with van der Waals surface area (Å²) in [6.45, 7) is 5.15. The van der Waals surface area contributed by atoms with Crippen molar-refractivity contribution in [1.82, 2.24) is 4.31 Å². The van der Waals surface area contributed by atoms with Crippen molar-refractivity contribution in [2.75, 3.05) is 19.0 Å². The quantitative estimate of drug-likeness (QED) is 0.709. The van der Waals surface area contributed by atoms with Crippen molar-refractivity contribution in [2.45, 2.75) is 31.7 Å². The number of hydrogen-bond donors (Lipinski definition) is 1. The molecule has 146 valence electrons. The number of hydrogen-bond acceptors (Lipinski definition) is 6. The lowest BCUT2D eigenvalue weighted by molar-refractivity contribution is -0.119. The summed E-state index contributed by atoms with van der Waals surface area (Å²) in [4.78, 5) is 24.3. The van der Waals surface area contributed by atoms with Crippen LogP contribution >= 0.6 is 11.3 Å². The maximum Gasteiger partial charge on any atom is 0.349 e. The first-order valence-electron chi connectivity index (χ1n) is 8.27. The molecule has 0 fully saturated rings. The predicted molar refractivity (Wildman–Crippen MR) is 104 cm³/mol. The van der Waals surface area contributed by atoms with Crippen molar-refractivity contribution in [3.8, 4) is 0 Å². The Morgan fingerprint density at radius 2 is 1.85 bits per heavy atom. The molecule has 1 amide bonds. The molecule has 9 heteroatoms. The molecule has 0 saturated heterocycles. The molecule has 27 heavy (non-hydrogen) atoms. The van der Waals surface area contributed by atoms with Crippen molar-refractivity contribution >= 4 is 38.9 Å². The van der Waals surface area contributed by atoms with Crippen molar-refractivity contribution in [2.24, 2.45) is 0 Å². The van der Waals surface area contributed by atoms with Crippen molar-refractivity contribution in [1.29, 1.82) is 0 Å². The number of ether oxygens (including phenoxy) is 1. The number of methoxy groups -OCH3 is 1. The van der Waals surface area contributed by atoms with E-state index in [1.165, 1.54) is 25.5 Å². The molecular weight excluding hydrogens is 388 g/mol. The molecule has 1 aromatic heterocycles. The third-order valence-corrected chi connectivity index (χ3v) is 7.14. The number of esters is 1. The van der Waals surface area contributed by atoms with Gasteiger partial charge in [-0.05, 0) is 37.4 Å². The van der Waals surface area contributed by atoms with E-state index in [1.54, 1.807) is 19.1 Å². The topological polar surface area (TPSA) is 92.8 Å². The SMILES string of the molecule is CCN([C@@H](C)C(=O)Nc1ccc(C)cc1)S(=O)(=O)c1ccsc1C(=O)OC. The number of sulfonamides is 1. The smallest absolute Gasteiger partial charge is 0.349 e. The number of nitrogens with one attached hydrogen (secondary N) is 1. The number of benzene rings is 1. The molecule has 0 radical (unpaired) electrons. The number of nitrogens with zero attached hydrogens (tertiary/aromatic N) is 1. The first-order chi connectivity index (χ1) is 12.7. The number of anilines is 1. The third-order valence-electron chi connectivity index (χ3n) is 4.03. The Hall–Kier alpha value is -2.23. The first-order valence-corrected chi connectivity index (χ1v) is 10.6. The number of carbonyl (C=O) groups excluding carboxylic acids is 2. The van der Waals surface area contributed by atoms with Gasteiger partial charge in [0.1, 0.15) is 15.8 Å². The fourth-order valence-corrected chi connectivity index (χ4v) is 5.45.